The van der Waals surface area contributed by atoms with Gasteiger partial charge in [-0.15, -0.1) is 0 Å². The summed E-state index contributed by atoms with van der Waals surface area (Å²) in [7, 11) is 9.75. The Morgan fingerprint density at radius 2 is 0.889 bits per heavy atom. The molecule has 0 radical (unpaired) electrons. The van der Waals surface area contributed by atoms with Crippen molar-refractivity contribution < 1.29 is 0 Å². The van der Waals surface area contributed by atoms with E-state index in [9.17, 15) is 0 Å². The average molecular weight is 134 g/mol. The Balaban J connectivity index is -0.0000000646. The Bertz CT molecular complexity index is 18.1. The second-order valence-electron chi connectivity index (χ2n) is 1.84. The summed E-state index contributed by atoms with van der Waals surface area (Å²) >= 11 is 0. The van der Waals surface area contributed by atoms with Crippen LogP contribution in [0, 0.1) is 0 Å². The van der Waals surface area contributed by atoms with Gasteiger partial charge < -0.3 is 10.2 Å². The van der Waals surface area contributed by atoms with Crippen LogP contribution in [0.5, 0.6) is 0 Å². The topological polar surface area (TPSA) is 15.3 Å². The largest absolute Gasteiger partial charge is 0.323 e. The minimum Gasteiger partial charge on any atom is -0.323 e. The summed E-state index contributed by atoms with van der Waals surface area (Å²) in [5.41, 5.74) is 0. The summed E-state index contributed by atoms with van der Waals surface area (Å²) in [6, 6.07) is 0. The highest BCUT2D eigenvalue weighted by molar-refractivity contribution is 4.09. The molecule has 0 amide bonds. The SMILES string of the molecule is CC.CN(C)C.CNC. The van der Waals surface area contributed by atoms with Crippen LogP contribution in [0.3, 0.4) is 0 Å². The number of hydrogen-bond donors (Lipinski definition) is 1. The first kappa shape index (κ1) is 16.0. The van der Waals surface area contributed by atoms with Gasteiger partial charge in [-0.25, -0.2) is 0 Å². The lowest BCUT2D eigenvalue weighted by Gasteiger charge is -1.90. The van der Waals surface area contributed by atoms with E-state index >= 15 is 0 Å². The third-order valence-electron chi connectivity index (χ3n) is 0. The highest BCUT2D eigenvalue weighted by Gasteiger charge is 1.58. The van der Waals surface area contributed by atoms with Crippen LogP contribution in [0.15, 0.2) is 0 Å². The molecule has 0 aromatic heterocycles. The van der Waals surface area contributed by atoms with Crippen LogP contribution in [0.25, 0.3) is 0 Å². The fourth-order valence-corrected chi connectivity index (χ4v) is 0. The molecule has 0 aliphatic carbocycles. The second-order valence-corrected chi connectivity index (χ2v) is 1.84. The van der Waals surface area contributed by atoms with Crippen LogP contribution in [0.2, 0.25) is 0 Å². The van der Waals surface area contributed by atoms with Crippen molar-refractivity contribution in [3.8, 4) is 0 Å². The molecule has 0 saturated carbocycles. The van der Waals surface area contributed by atoms with Gasteiger partial charge in [0, 0.05) is 0 Å². The van der Waals surface area contributed by atoms with E-state index in [4.69, 9.17) is 0 Å². The maximum Gasteiger partial charge on any atom is -0.0140 e. The monoisotopic (exact) mass is 134 g/mol. The number of rotatable bonds is 0. The van der Waals surface area contributed by atoms with Gasteiger partial charge in [-0.3, -0.25) is 0 Å². The number of nitrogens with one attached hydrogen (secondary N) is 1. The molecule has 0 atom stereocenters. The molecule has 0 saturated heterocycles. The highest BCUT2D eigenvalue weighted by Crippen LogP contribution is 1.47. The summed E-state index contributed by atoms with van der Waals surface area (Å²) < 4.78 is 0. The van der Waals surface area contributed by atoms with E-state index in [0.29, 0.717) is 0 Å². The standard InChI is InChI=1S/C3H9N.C2H7N.C2H6/c1-4(2)3;1-3-2;1-2/h1-3H3;3H,1-2H3;1-2H3. The zero-order valence-corrected chi connectivity index (χ0v) is 7.95. The number of nitrogens with zero attached hydrogens (tertiary/aromatic N) is 1. The van der Waals surface area contributed by atoms with Crippen molar-refractivity contribution in [2.24, 2.45) is 0 Å². The van der Waals surface area contributed by atoms with Crippen molar-refractivity contribution >= 4 is 0 Å². The van der Waals surface area contributed by atoms with Crippen molar-refractivity contribution in [3.05, 3.63) is 0 Å². The zero-order valence-electron chi connectivity index (χ0n) is 7.95. The summed E-state index contributed by atoms with van der Waals surface area (Å²) in [6.45, 7) is 4.00. The van der Waals surface area contributed by atoms with E-state index in [1.807, 2.05) is 54.0 Å². The molecule has 60 valence electrons. The molecule has 1 N–H and O–H groups in total. The Morgan fingerprint density at radius 1 is 0.889 bits per heavy atom. The van der Waals surface area contributed by atoms with E-state index in [-0.39, 0.29) is 0 Å². The normalized spacial score (nSPS) is 6.67. The average Bonchev–Trinajstić information content (AvgIpc) is 1.71. The molecule has 0 heterocycles. The molecule has 0 aromatic rings. The molecule has 0 spiro atoms. The molecule has 0 bridgehead atoms. The summed E-state index contributed by atoms with van der Waals surface area (Å²) in [5.74, 6) is 0. The minimum absolute atomic E-state index is 1.88. The molecule has 0 aliphatic heterocycles. The molecular formula is C7H22N2. The molecular weight excluding hydrogens is 112 g/mol. The second kappa shape index (κ2) is 24.7. The molecule has 2 nitrogen and oxygen atoms in total. The lowest BCUT2D eigenvalue weighted by atomic mass is 11.0. The van der Waals surface area contributed by atoms with Crippen LogP contribution in [-0.2, 0) is 0 Å². The third-order valence-corrected chi connectivity index (χ3v) is 0. The zero-order chi connectivity index (χ0) is 8.28. The summed E-state index contributed by atoms with van der Waals surface area (Å²) in [5, 5.41) is 2.75. The maximum atomic E-state index is 2.75. The van der Waals surface area contributed by atoms with Crippen molar-refractivity contribution in [1.29, 1.82) is 0 Å². The highest BCUT2D eigenvalue weighted by atomic mass is 15.0. The molecule has 0 aromatic carbocycles. The van der Waals surface area contributed by atoms with Gasteiger partial charge in [0.05, 0.1) is 0 Å². The molecule has 2 heteroatoms. The Hall–Kier alpha value is -0.0800. The van der Waals surface area contributed by atoms with E-state index in [0.717, 1.165) is 0 Å². The van der Waals surface area contributed by atoms with Crippen LogP contribution < -0.4 is 5.32 Å². The first-order valence-electron chi connectivity index (χ1n) is 3.34. The Kier molecular flexibility index (Phi) is 43.8. The van der Waals surface area contributed by atoms with Gasteiger partial charge in [-0.1, -0.05) is 13.8 Å². The van der Waals surface area contributed by atoms with E-state index in [1.54, 1.807) is 0 Å². The van der Waals surface area contributed by atoms with Gasteiger partial charge in [0.25, 0.3) is 0 Å². The fraction of sp³-hybridized carbons (Fsp3) is 1.00. The van der Waals surface area contributed by atoms with Gasteiger partial charge in [-0.2, -0.15) is 0 Å². The van der Waals surface area contributed by atoms with E-state index in [2.05, 4.69) is 5.32 Å². The quantitative estimate of drug-likeness (QED) is 0.532. The van der Waals surface area contributed by atoms with Gasteiger partial charge in [0.15, 0.2) is 0 Å². The van der Waals surface area contributed by atoms with Crippen molar-refractivity contribution in [3.63, 3.8) is 0 Å². The van der Waals surface area contributed by atoms with E-state index in [1.165, 1.54) is 0 Å². The maximum absolute atomic E-state index is 2.75. The smallest absolute Gasteiger partial charge is 0.0140 e. The van der Waals surface area contributed by atoms with E-state index < -0.39 is 0 Å². The first-order chi connectivity index (χ1) is 4.15. The van der Waals surface area contributed by atoms with Crippen molar-refractivity contribution in [2.45, 2.75) is 13.8 Å². The number of hydrogen-bond acceptors (Lipinski definition) is 2. The van der Waals surface area contributed by atoms with Crippen LogP contribution in [-0.4, -0.2) is 40.1 Å². The predicted molar refractivity (Wildman–Crippen MR) is 45.9 cm³/mol. The van der Waals surface area contributed by atoms with Gasteiger partial charge in [0.1, 0.15) is 0 Å². The van der Waals surface area contributed by atoms with Crippen molar-refractivity contribution in [1.82, 2.24) is 10.2 Å². The summed E-state index contributed by atoms with van der Waals surface area (Å²) in [4.78, 5) is 2.00. The van der Waals surface area contributed by atoms with Crippen LogP contribution >= 0.6 is 0 Å². The molecule has 0 rings (SSSR count). The van der Waals surface area contributed by atoms with Crippen molar-refractivity contribution in [2.75, 3.05) is 35.2 Å². The first-order valence-corrected chi connectivity index (χ1v) is 3.34. The lowest BCUT2D eigenvalue weighted by Crippen LogP contribution is -1.99. The lowest BCUT2D eigenvalue weighted by molar-refractivity contribution is 0.505. The summed E-state index contributed by atoms with van der Waals surface area (Å²) in [6.07, 6.45) is 0. The molecule has 9 heavy (non-hydrogen) atoms. The van der Waals surface area contributed by atoms with Crippen LogP contribution in [0.1, 0.15) is 13.8 Å². The van der Waals surface area contributed by atoms with Gasteiger partial charge >= 0.3 is 0 Å². The Morgan fingerprint density at radius 3 is 0.889 bits per heavy atom. The van der Waals surface area contributed by atoms with Gasteiger partial charge in [-0.05, 0) is 35.2 Å². The third kappa shape index (κ3) is 43400. The minimum atomic E-state index is 1.88. The van der Waals surface area contributed by atoms with Crippen LogP contribution in [0.4, 0.5) is 0 Å². The molecule has 0 fully saturated rings. The molecule has 0 unspecified atom stereocenters. The predicted octanol–water partition coefficient (Wildman–Crippen LogP) is 1.04. The fourth-order valence-electron chi connectivity index (χ4n) is 0. The molecule has 0 aliphatic rings. The Labute approximate surface area is 60.3 Å². The van der Waals surface area contributed by atoms with Gasteiger partial charge in [0.2, 0.25) is 0 Å².